The Morgan fingerprint density at radius 3 is 2.74 bits per heavy atom. The number of para-hydroxylation sites is 1. The molecular weight excluding hydrogens is 437 g/mol. The van der Waals surface area contributed by atoms with E-state index in [9.17, 15) is 14.0 Å². The van der Waals surface area contributed by atoms with Gasteiger partial charge in [-0.25, -0.2) is 9.40 Å². The highest BCUT2D eigenvalue weighted by Crippen LogP contribution is 2.35. The third kappa shape index (κ3) is 5.12. The van der Waals surface area contributed by atoms with Gasteiger partial charge in [0.25, 0.3) is 5.91 Å². The molecule has 180 valence electrons. The molecule has 2 aliphatic rings. The van der Waals surface area contributed by atoms with Crippen molar-refractivity contribution in [2.75, 3.05) is 26.8 Å². The van der Waals surface area contributed by atoms with Crippen molar-refractivity contribution in [1.29, 1.82) is 0 Å². The van der Waals surface area contributed by atoms with Crippen molar-refractivity contribution in [1.82, 2.24) is 9.91 Å². The summed E-state index contributed by atoms with van der Waals surface area (Å²) in [6.45, 7) is 2.75. The molecule has 0 aliphatic carbocycles. The van der Waals surface area contributed by atoms with Crippen molar-refractivity contribution in [2.45, 2.75) is 44.7 Å². The standard InChI is InChI=1S/C26H30FN3O4/c1-3-34-26(32)22-12-6-7-14-29(22)17-25(31)30-23(18-9-8-10-19(27)15-18)16-21(28-30)20-11-4-5-13-24(20)33-2/h4-5,8-11,13,15,22-23H,3,6-7,12,14,16-17H2,1-2H3/t22-,23-/m1/s1. The maximum Gasteiger partial charge on any atom is 0.323 e. The molecule has 0 saturated carbocycles. The van der Waals surface area contributed by atoms with Crippen LogP contribution in [0.2, 0.25) is 0 Å². The van der Waals surface area contributed by atoms with E-state index in [-0.39, 0.29) is 24.2 Å². The zero-order valence-electron chi connectivity index (χ0n) is 19.6. The van der Waals surface area contributed by atoms with Gasteiger partial charge in [0.05, 0.1) is 32.0 Å². The molecule has 8 heteroatoms. The van der Waals surface area contributed by atoms with E-state index in [1.54, 1.807) is 26.2 Å². The van der Waals surface area contributed by atoms with Crippen molar-refractivity contribution < 1.29 is 23.5 Å². The van der Waals surface area contributed by atoms with Crippen molar-refractivity contribution in [3.05, 3.63) is 65.5 Å². The normalized spacial score (nSPS) is 20.7. The number of piperidine rings is 1. The summed E-state index contributed by atoms with van der Waals surface area (Å²) in [6, 6.07) is 12.9. The Hall–Kier alpha value is -3.26. The average molecular weight is 468 g/mol. The van der Waals surface area contributed by atoms with Gasteiger partial charge in [-0.2, -0.15) is 5.10 Å². The van der Waals surface area contributed by atoms with E-state index in [0.29, 0.717) is 43.0 Å². The lowest BCUT2D eigenvalue weighted by Crippen LogP contribution is -2.49. The highest BCUT2D eigenvalue weighted by Gasteiger charge is 2.37. The van der Waals surface area contributed by atoms with Crippen LogP contribution in [0, 0.1) is 5.82 Å². The van der Waals surface area contributed by atoms with Crippen LogP contribution in [0.25, 0.3) is 0 Å². The van der Waals surface area contributed by atoms with Gasteiger partial charge in [-0.3, -0.25) is 14.5 Å². The Balaban J connectivity index is 1.63. The number of esters is 1. The predicted octanol–water partition coefficient (Wildman–Crippen LogP) is 3.93. The Kier molecular flexibility index (Phi) is 7.57. The predicted molar refractivity (Wildman–Crippen MR) is 126 cm³/mol. The molecule has 2 aliphatic heterocycles. The number of hydrazone groups is 1. The first-order valence-electron chi connectivity index (χ1n) is 11.7. The molecule has 1 saturated heterocycles. The van der Waals surface area contributed by atoms with Gasteiger partial charge in [0.1, 0.15) is 17.6 Å². The lowest BCUT2D eigenvalue weighted by Gasteiger charge is -2.34. The van der Waals surface area contributed by atoms with Gasteiger partial charge in [0.2, 0.25) is 0 Å². The molecular formula is C26H30FN3O4. The lowest BCUT2D eigenvalue weighted by atomic mass is 9.97. The molecule has 1 amide bonds. The van der Waals surface area contributed by atoms with E-state index in [2.05, 4.69) is 5.10 Å². The van der Waals surface area contributed by atoms with E-state index < -0.39 is 12.1 Å². The molecule has 2 aromatic carbocycles. The number of likely N-dealkylation sites (tertiary alicyclic amines) is 1. The monoisotopic (exact) mass is 467 g/mol. The van der Waals surface area contributed by atoms with E-state index in [0.717, 1.165) is 18.4 Å². The zero-order valence-corrected chi connectivity index (χ0v) is 19.6. The van der Waals surface area contributed by atoms with Gasteiger partial charge in [-0.1, -0.05) is 30.7 Å². The number of rotatable bonds is 7. The number of methoxy groups -OCH3 is 1. The summed E-state index contributed by atoms with van der Waals surface area (Å²) in [5.41, 5.74) is 2.16. The first-order valence-corrected chi connectivity index (χ1v) is 11.7. The molecule has 2 aromatic rings. The largest absolute Gasteiger partial charge is 0.496 e. The maximum absolute atomic E-state index is 14.1. The fourth-order valence-corrected chi connectivity index (χ4v) is 4.69. The van der Waals surface area contributed by atoms with Crippen molar-refractivity contribution in [3.8, 4) is 5.75 Å². The maximum atomic E-state index is 14.1. The van der Waals surface area contributed by atoms with Gasteiger partial charge in [-0.15, -0.1) is 0 Å². The molecule has 0 bridgehead atoms. The summed E-state index contributed by atoms with van der Waals surface area (Å²) >= 11 is 0. The molecule has 0 aromatic heterocycles. The number of halogens is 1. The van der Waals surface area contributed by atoms with Crippen LogP contribution in [0.3, 0.4) is 0 Å². The van der Waals surface area contributed by atoms with Crippen LogP contribution in [0.1, 0.15) is 49.8 Å². The Morgan fingerprint density at radius 2 is 1.97 bits per heavy atom. The highest BCUT2D eigenvalue weighted by atomic mass is 19.1. The number of benzene rings is 2. The first-order chi connectivity index (χ1) is 16.5. The number of carbonyl (C=O) groups is 2. The minimum Gasteiger partial charge on any atom is -0.496 e. The van der Waals surface area contributed by atoms with E-state index in [4.69, 9.17) is 9.47 Å². The number of ether oxygens (including phenoxy) is 2. The summed E-state index contributed by atoms with van der Waals surface area (Å²) < 4.78 is 24.8. The molecule has 4 rings (SSSR count). The quantitative estimate of drug-likeness (QED) is 0.577. The van der Waals surface area contributed by atoms with Crippen LogP contribution >= 0.6 is 0 Å². The third-order valence-corrected chi connectivity index (χ3v) is 6.33. The van der Waals surface area contributed by atoms with Gasteiger partial charge in [-0.05, 0) is 56.1 Å². The van der Waals surface area contributed by atoms with Crippen LogP contribution in [0.5, 0.6) is 5.75 Å². The minimum atomic E-state index is -0.450. The molecule has 0 spiro atoms. The van der Waals surface area contributed by atoms with Gasteiger partial charge in [0, 0.05) is 12.0 Å². The Bertz CT molecular complexity index is 1070. The summed E-state index contributed by atoms with van der Waals surface area (Å²) in [7, 11) is 1.59. The van der Waals surface area contributed by atoms with Crippen molar-refractivity contribution >= 4 is 17.6 Å². The fourth-order valence-electron chi connectivity index (χ4n) is 4.69. The SMILES string of the molecule is CCOC(=O)[C@H]1CCCCN1CC(=O)N1N=C(c2ccccc2OC)C[C@@H]1c1cccc(F)c1. The molecule has 2 atom stereocenters. The molecule has 0 radical (unpaired) electrons. The summed E-state index contributed by atoms with van der Waals surface area (Å²) in [5.74, 6) is -0.243. The van der Waals surface area contributed by atoms with Crippen LogP contribution in [-0.4, -0.2) is 60.3 Å². The second-order valence-corrected chi connectivity index (χ2v) is 8.49. The van der Waals surface area contributed by atoms with E-state index in [1.807, 2.05) is 29.2 Å². The number of carbonyl (C=O) groups excluding carboxylic acids is 2. The molecule has 34 heavy (non-hydrogen) atoms. The lowest BCUT2D eigenvalue weighted by molar-refractivity contribution is -0.152. The molecule has 0 unspecified atom stereocenters. The smallest absolute Gasteiger partial charge is 0.323 e. The molecule has 1 fully saturated rings. The van der Waals surface area contributed by atoms with Crippen LogP contribution < -0.4 is 4.74 Å². The van der Waals surface area contributed by atoms with Crippen LogP contribution in [-0.2, 0) is 14.3 Å². The fraction of sp³-hybridized carbons (Fsp3) is 0.423. The molecule has 0 N–H and O–H groups in total. The Labute approximate surface area is 199 Å². The van der Waals surface area contributed by atoms with Gasteiger partial charge < -0.3 is 9.47 Å². The topological polar surface area (TPSA) is 71.4 Å². The average Bonchev–Trinajstić information content (AvgIpc) is 3.30. The van der Waals surface area contributed by atoms with Crippen LogP contribution in [0.15, 0.2) is 53.6 Å². The van der Waals surface area contributed by atoms with Crippen molar-refractivity contribution in [2.24, 2.45) is 5.10 Å². The Morgan fingerprint density at radius 1 is 1.15 bits per heavy atom. The van der Waals surface area contributed by atoms with E-state index in [1.165, 1.54) is 17.1 Å². The number of nitrogens with zero attached hydrogens (tertiary/aromatic N) is 3. The van der Waals surface area contributed by atoms with Crippen LogP contribution in [0.4, 0.5) is 4.39 Å². The van der Waals surface area contributed by atoms with Gasteiger partial charge >= 0.3 is 5.97 Å². The number of hydrogen-bond acceptors (Lipinski definition) is 6. The van der Waals surface area contributed by atoms with Gasteiger partial charge in [0.15, 0.2) is 0 Å². The number of amides is 1. The third-order valence-electron chi connectivity index (χ3n) is 6.33. The number of hydrogen-bond donors (Lipinski definition) is 0. The minimum absolute atomic E-state index is 0.0397. The highest BCUT2D eigenvalue weighted by molar-refractivity contribution is 6.05. The second kappa shape index (κ2) is 10.8. The summed E-state index contributed by atoms with van der Waals surface area (Å²) in [4.78, 5) is 27.9. The second-order valence-electron chi connectivity index (χ2n) is 8.49. The summed E-state index contributed by atoms with van der Waals surface area (Å²) in [6.07, 6.45) is 2.91. The molecule has 7 nitrogen and oxygen atoms in total. The van der Waals surface area contributed by atoms with E-state index >= 15 is 0 Å². The summed E-state index contributed by atoms with van der Waals surface area (Å²) in [5, 5.41) is 6.12. The zero-order chi connectivity index (χ0) is 24.1. The van der Waals surface area contributed by atoms with Crippen molar-refractivity contribution in [3.63, 3.8) is 0 Å². The first kappa shape index (κ1) is 23.9. The molecule has 2 heterocycles.